The molecule has 1 aromatic rings. The number of rotatable bonds is 1. The maximum atomic E-state index is 13.1. The normalized spacial score (nSPS) is 10.0. The maximum Gasteiger partial charge on any atom is 0.170 e. The maximum absolute atomic E-state index is 13.1. The molecule has 0 bridgehead atoms. The number of anilines is 1. The fraction of sp³-hybridized carbons (Fsp3) is 0.143. The van der Waals surface area contributed by atoms with E-state index in [0.29, 0.717) is 14.6 Å². The second-order valence-corrected chi connectivity index (χ2v) is 3.75. The zero-order valence-electron chi connectivity index (χ0n) is 6.20. The van der Waals surface area contributed by atoms with Gasteiger partial charge in [0.25, 0.3) is 0 Å². The predicted octanol–water partition coefficient (Wildman–Crippen LogP) is 2.94. The summed E-state index contributed by atoms with van der Waals surface area (Å²) < 4.78 is 18.8. The zero-order valence-corrected chi connectivity index (χ0v) is 9.37. The number of nitrogen functional groups attached to an aromatic ring is 1. The number of nitrogens with two attached hydrogens (primary N) is 1. The first-order valence-electron chi connectivity index (χ1n) is 3.05. The Bertz CT molecular complexity index is 317. The molecule has 0 fully saturated rings. The fourth-order valence-electron chi connectivity index (χ4n) is 0.774. The molecule has 1 aromatic carbocycles. The van der Waals surface area contributed by atoms with Crippen molar-refractivity contribution in [2.24, 2.45) is 0 Å². The summed E-state index contributed by atoms with van der Waals surface area (Å²) in [5.41, 5.74) is 6.01. The average Bonchev–Trinajstić information content (AvgIpc) is 2.01. The fourth-order valence-corrected chi connectivity index (χ4v) is 2.00. The van der Waals surface area contributed by atoms with Crippen LogP contribution in [0, 0.1) is 5.82 Å². The van der Waals surface area contributed by atoms with Gasteiger partial charge in [0.15, 0.2) is 11.6 Å². The molecule has 0 aliphatic rings. The molecule has 0 spiro atoms. The Kier molecular flexibility index (Phi) is 2.95. The lowest BCUT2D eigenvalue weighted by Crippen LogP contribution is -1.95. The number of hydrogen-bond donors (Lipinski definition) is 1. The number of hydrogen-bond acceptors (Lipinski definition) is 2. The Morgan fingerprint density at radius 3 is 2.58 bits per heavy atom. The summed E-state index contributed by atoms with van der Waals surface area (Å²) in [5.74, 6) is -0.332. The van der Waals surface area contributed by atoms with Crippen LogP contribution in [-0.2, 0) is 0 Å². The first-order chi connectivity index (χ1) is 5.57. The highest BCUT2D eigenvalue weighted by molar-refractivity contribution is 9.11. The minimum absolute atomic E-state index is 0.121. The quantitative estimate of drug-likeness (QED) is 0.809. The molecule has 1 rings (SSSR count). The van der Waals surface area contributed by atoms with Gasteiger partial charge in [-0.15, -0.1) is 0 Å². The van der Waals surface area contributed by atoms with Crippen LogP contribution in [0.25, 0.3) is 0 Å². The molecule has 0 atom stereocenters. The van der Waals surface area contributed by atoms with Gasteiger partial charge in [0.2, 0.25) is 0 Å². The molecule has 0 saturated carbocycles. The average molecular weight is 299 g/mol. The summed E-state index contributed by atoms with van der Waals surface area (Å²) in [5, 5.41) is 0. The van der Waals surface area contributed by atoms with Gasteiger partial charge in [-0.2, -0.15) is 0 Å². The third-order valence-electron chi connectivity index (χ3n) is 1.37. The molecule has 0 amide bonds. The van der Waals surface area contributed by atoms with Gasteiger partial charge in [0.05, 0.1) is 17.3 Å². The van der Waals surface area contributed by atoms with Crippen LogP contribution in [-0.4, -0.2) is 7.11 Å². The molecule has 66 valence electrons. The van der Waals surface area contributed by atoms with Crippen LogP contribution in [0.2, 0.25) is 0 Å². The van der Waals surface area contributed by atoms with Gasteiger partial charge in [-0.25, -0.2) is 4.39 Å². The lowest BCUT2D eigenvalue weighted by Gasteiger charge is -2.08. The van der Waals surface area contributed by atoms with Crippen LogP contribution in [0.1, 0.15) is 0 Å². The van der Waals surface area contributed by atoms with Crippen molar-refractivity contribution in [1.82, 2.24) is 0 Å². The minimum atomic E-state index is -0.453. The van der Waals surface area contributed by atoms with E-state index in [2.05, 4.69) is 31.9 Å². The van der Waals surface area contributed by atoms with Gasteiger partial charge in [0, 0.05) is 4.47 Å². The van der Waals surface area contributed by atoms with Crippen LogP contribution in [0.3, 0.4) is 0 Å². The molecule has 0 aromatic heterocycles. The Balaban J connectivity index is 3.40. The third kappa shape index (κ3) is 1.56. The molecule has 0 aliphatic heterocycles. The van der Waals surface area contributed by atoms with Crippen molar-refractivity contribution >= 4 is 37.5 Å². The molecule has 2 nitrogen and oxygen atoms in total. The highest BCUT2D eigenvalue weighted by Crippen LogP contribution is 2.37. The molecule has 12 heavy (non-hydrogen) atoms. The van der Waals surface area contributed by atoms with Crippen LogP contribution in [0.5, 0.6) is 5.75 Å². The third-order valence-corrected chi connectivity index (χ3v) is 2.81. The van der Waals surface area contributed by atoms with E-state index in [1.54, 1.807) is 0 Å². The first kappa shape index (κ1) is 9.80. The van der Waals surface area contributed by atoms with Crippen LogP contribution in [0.15, 0.2) is 15.0 Å². The van der Waals surface area contributed by atoms with E-state index in [1.807, 2.05) is 0 Å². The van der Waals surface area contributed by atoms with E-state index in [-0.39, 0.29) is 5.75 Å². The molecule has 0 heterocycles. The van der Waals surface area contributed by atoms with E-state index in [0.717, 1.165) is 0 Å². The highest BCUT2D eigenvalue weighted by atomic mass is 79.9. The van der Waals surface area contributed by atoms with Gasteiger partial charge in [0.1, 0.15) is 0 Å². The van der Waals surface area contributed by atoms with Gasteiger partial charge >= 0.3 is 0 Å². The zero-order chi connectivity index (χ0) is 9.30. The Labute approximate surface area is 86.2 Å². The summed E-state index contributed by atoms with van der Waals surface area (Å²) in [6.45, 7) is 0. The Hall–Kier alpha value is -0.290. The lowest BCUT2D eigenvalue weighted by molar-refractivity contribution is 0.384. The van der Waals surface area contributed by atoms with Gasteiger partial charge in [-0.3, -0.25) is 0 Å². The Morgan fingerprint density at radius 2 is 2.08 bits per heavy atom. The smallest absolute Gasteiger partial charge is 0.170 e. The van der Waals surface area contributed by atoms with Crippen molar-refractivity contribution < 1.29 is 9.13 Å². The largest absolute Gasteiger partial charge is 0.492 e. The summed E-state index contributed by atoms with van der Waals surface area (Å²) in [7, 11) is 1.39. The van der Waals surface area contributed by atoms with Crippen molar-refractivity contribution in [3.8, 4) is 5.75 Å². The number of ether oxygens (including phenoxy) is 1. The van der Waals surface area contributed by atoms with Crippen molar-refractivity contribution in [3.63, 3.8) is 0 Å². The van der Waals surface area contributed by atoms with E-state index >= 15 is 0 Å². The van der Waals surface area contributed by atoms with E-state index < -0.39 is 5.82 Å². The van der Waals surface area contributed by atoms with Gasteiger partial charge in [-0.1, -0.05) is 0 Å². The van der Waals surface area contributed by atoms with Crippen molar-refractivity contribution in [2.45, 2.75) is 0 Å². The summed E-state index contributed by atoms with van der Waals surface area (Å²) >= 11 is 6.23. The second kappa shape index (κ2) is 3.62. The van der Waals surface area contributed by atoms with Crippen molar-refractivity contribution in [1.29, 1.82) is 0 Å². The molecule has 2 N–H and O–H groups in total. The first-order valence-corrected chi connectivity index (χ1v) is 4.63. The monoisotopic (exact) mass is 297 g/mol. The number of benzene rings is 1. The van der Waals surface area contributed by atoms with Crippen molar-refractivity contribution in [3.05, 3.63) is 20.8 Å². The summed E-state index contributed by atoms with van der Waals surface area (Å²) in [4.78, 5) is 0. The lowest BCUT2D eigenvalue weighted by atomic mass is 10.3. The molecular weight excluding hydrogens is 293 g/mol. The predicted molar refractivity (Wildman–Crippen MR) is 52.8 cm³/mol. The molecule has 0 radical (unpaired) electrons. The van der Waals surface area contributed by atoms with E-state index in [1.165, 1.54) is 13.2 Å². The molecular formula is C7H6Br2FNO. The van der Waals surface area contributed by atoms with E-state index in [9.17, 15) is 4.39 Å². The summed E-state index contributed by atoms with van der Waals surface area (Å²) in [6, 6.07) is 1.26. The highest BCUT2D eigenvalue weighted by Gasteiger charge is 2.13. The standard InChI is InChI=1S/C7H6Br2FNO/c1-12-7-4(10)2-3(8)6(11)5(7)9/h2H,11H2,1H3. The minimum Gasteiger partial charge on any atom is -0.492 e. The Morgan fingerprint density at radius 1 is 1.50 bits per heavy atom. The molecule has 0 saturated heterocycles. The number of halogens is 3. The van der Waals surface area contributed by atoms with E-state index in [4.69, 9.17) is 10.5 Å². The number of methoxy groups -OCH3 is 1. The van der Waals surface area contributed by atoms with Crippen LogP contribution < -0.4 is 10.5 Å². The topological polar surface area (TPSA) is 35.2 Å². The van der Waals surface area contributed by atoms with Crippen molar-refractivity contribution in [2.75, 3.05) is 12.8 Å². The summed E-state index contributed by atoms with van der Waals surface area (Å²) in [6.07, 6.45) is 0. The molecule has 0 aliphatic carbocycles. The SMILES string of the molecule is COc1c(F)cc(Br)c(N)c1Br. The molecule has 0 unspecified atom stereocenters. The second-order valence-electron chi connectivity index (χ2n) is 2.10. The van der Waals surface area contributed by atoms with Crippen LogP contribution in [0.4, 0.5) is 10.1 Å². The van der Waals surface area contributed by atoms with Gasteiger partial charge < -0.3 is 10.5 Å². The van der Waals surface area contributed by atoms with Crippen LogP contribution >= 0.6 is 31.9 Å². The molecule has 5 heteroatoms. The van der Waals surface area contributed by atoms with Gasteiger partial charge in [-0.05, 0) is 37.9 Å².